The average molecular weight is 327 g/mol. The highest BCUT2D eigenvalue weighted by Crippen LogP contribution is 2.30. The zero-order chi connectivity index (χ0) is 17.1. The summed E-state index contributed by atoms with van der Waals surface area (Å²) in [6, 6.07) is 9.81. The Balaban J connectivity index is 1.68. The summed E-state index contributed by atoms with van der Waals surface area (Å²) in [5.41, 5.74) is 1.19. The monoisotopic (exact) mass is 327 g/mol. The molecule has 2 heterocycles. The molecule has 7 nitrogen and oxygen atoms in total. The molecule has 1 aromatic carbocycles. The quantitative estimate of drug-likeness (QED) is 0.878. The minimum atomic E-state index is -0.277. The highest BCUT2D eigenvalue weighted by molar-refractivity contribution is 5.95. The van der Waals surface area contributed by atoms with Crippen LogP contribution in [0.4, 0.5) is 5.69 Å². The molecule has 1 unspecified atom stereocenters. The molecule has 0 aliphatic carbocycles. The Hall–Kier alpha value is -3.09. The third kappa shape index (κ3) is 3.45. The Bertz CT molecular complexity index is 844. The van der Waals surface area contributed by atoms with Crippen molar-refractivity contribution in [2.45, 2.75) is 19.5 Å². The topological polar surface area (TPSA) is 89.4 Å². The molecule has 0 bridgehead atoms. The number of nitrogens with zero attached hydrogens (tertiary/aromatic N) is 1. The zero-order valence-electron chi connectivity index (χ0n) is 13.1. The van der Waals surface area contributed by atoms with Crippen molar-refractivity contribution in [3.63, 3.8) is 0 Å². The summed E-state index contributed by atoms with van der Waals surface area (Å²) in [6.45, 7) is 1.79. The fourth-order valence-corrected chi connectivity index (χ4v) is 2.49. The van der Waals surface area contributed by atoms with Gasteiger partial charge < -0.3 is 19.9 Å². The molecular weight excluding hydrogens is 310 g/mol. The van der Waals surface area contributed by atoms with Gasteiger partial charge in [-0.3, -0.25) is 14.4 Å². The number of carbonyl (C=O) groups is 2. The van der Waals surface area contributed by atoms with Crippen LogP contribution in [0, 0.1) is 0 Å². The van der Waals surface area contributed by atoms with Crippen LogP contribution in [-0.4, -0.2) is 23.0 Å². The maximum atomic E-state index is 12.1. The van der Waals surface area contributed by atoms with Crippen molar-refractivity contribution in [3.05, 3.63) is 58.5 Å². The first-order valence-electron chi connectivity index (χ1n) is 7.54. The first-order valence-corrected chi connectivity index (χ1v) is 7.54. The SMILES string of the molecule is CC(NC(=O)Cn1ccccc1=O)c1ccc2c(c1)NC(=O)CO2. The van der Waals surface area contributed by atoms with E-state index in [1.807, 2.05) is 13.0 Å². The predicted molar refractivity (Wildman–Crippen MR) is 87.8 cm³/mol. The first kappa shape index (κ1) is 15.8. The summed E-state index contributed by atoms with van der Waals surface area (Å²) < 4.78 is 6.64. The molecule has 1 atom stereocenters. The summed E-state index contributed by atoms with van der Waals surface area (Å²) in [5, 5.41) is 5.57. The molecule has 1 aliphatic heterocycles. The lowest BCUT2D eigenvalue weighted by Crippen LogP contribution is -2.33. The normalized spacial score (nSPS) is 14.1. The molecule has 2 aromatic rings. The lowest BCUT2D eigenvalue weighted by molar-refractivity contribution is -0.122. The summed E-state index contributed by atoms with van der Waals surface area (Å²) in [6.07, 6.45) is 1.57. The molecule has 0 saturated carbocycles. The Kier molecular flexibility index (Phi) is 4.33. The van der Waals surface area contributed by atoms with Crippen molar-refractivity contribution in [1.29, 1.82) is 0 Å². The molecule has 2 N–H and O–H groups in total. The fraction of sp³-hybridized carbons (Fsp3) is 0.235. The number of amides is 2. The van der Waals surface area contributed by atoms with Gasteiger partial charge in [0.2, 0.25) is 5.91 Å². The third-order valence-electron chi connectivity index (χ3n) is 3.73. The van der Waals surface area contributed by atoms with Gasteiger partial charge in [0, 0.05) is 12.3 Å². The summed E-state index contributed by atoms with van der Waals surface area (Å²) in [4.78, 5) is 35.1. The largest absolute Gasteiger partial charge is 0.482 e. The van der Waals surface area contributed by atoms with E-state index >= 15 is 0 Å². The number of anilines is 1. The van der Waals surface area contributed by atoms with Crippen LogP contribution in [0.1, 0.15) is 18.5 Å². The van der Waals surface area contributed by atoms with E-state index in [0.29, 0.717) is 11.4 Å². The van der Waals surface area contributed by atoms with Crippen molar-refractivity contribution >= 4 is 17.5 Å². The van der Waals surface area contributed by atoms with Crippen LogP contribution in [-0.2, 0) is 16.1 Å². The standard InChI is InChI=1S/C17H17N3O4/c1-11(18-15(21)9-20-7-3-2-4-17(20)23)12-5-6-14-13(8-12)19-16(22)10-24-14/h2-8,11H,9-10H2,1H3,(H,18,21)(H,19,22). The molecule has 24 heavy (non-hydrogen) atoms. The molecule has 0 radical (unpaired) electrons. The third-order valence-corrected chi connectivity index (χ3v) is 3.73. The van der Waals surface area contributed by atoms with Crippen LogP contribution >= 0.6 is 0 Å². The van der Waals surface area contributed by atoms with Gasteiger partial charge in [-0.15, -0.1) is 0 Å². The first-order chi connectivity index (χ1) is 11.5. The van der Waals surface area contributed by atoms with E-state index in [-0.39, 0.29) is 36.6 Å². The van der Waals surface area contributed by atoms with Crippen LogP contribution in [0.2, 0.25) is 0 Å². The van der Waals surface area contributed by atoms with Gasteiger partial charge in [-0.05, 0) is 30.7 Å². The number of pyridine rings is 1. The highest BCUT2D eigenvalue weighted by atomic mass is 16.5. The van der Waals surface area contributed by atoms with E-state index in [0.717, 1.165) is 5.56 Å². The minimum absolute atomic E-state index is 0.00443. The number of aromatic nitrogens is 1. The molecule has 2 amide bonds. The minimum Gasteiger partial charge on any atom is -0.482 e. The number of hydrogen-bond donors (Lipinski definition) is 2. The van der Waals surface area contributed by atoms with Crippen molar-refractivity contribution in [3.8, 4) is 5.75 Å². The van der Waals surface area contributed by atoms with E-state index in [2.05, 4.69) is 10.6 Å². The number of ether oxygens (including phenoxy) is 1. The van der Waals surface area contributed by atoms with E-state index in [1.54, 1.807) is 30.5 Å². The molecule has 0 saturated heterocycles. The van der Waals surface area contributed by atoms with E-state index in [9.17, 15) is 14.4 Å². The second-order valence-electron chi connectivity index (χ2n) is 5.55. The van der Waals surface area contributed by atoms with Gasteiger partial charge in [-0.2, -0.15) is 0 Å². The highest BCUT2D eigenvalue weighted by Gasteiger charge is 2.18. The number of hydrogen-bond acceptors (Lipinski definition) is 4. The summed E-state index contributed by atoms with van der Waals surface area (Å²) in [5.74, 6) is 0.126. The second-order valence-corrected chi connectivity index (χ2v) is 5.55. The van der Waals surface area contributed by atoms with Gasteiger partial charge in [0.25, 0.3) is 11.5 Å². The Morgan fingerprint density at radius 3 is 2.96 bits per heavy atom. The molecule has 124 valence electrons. The molecule has 1 aromatic heterocycles. The number of rotatable bonds is 4. The van der Waals surface area contributed by atoms with Gasteiger partial charge in [0.1, 0.15) is 12.3 Å². The molecule has 0 fully saturated rings. The second kappa shape index (κ2) is 6.57. The number of fused-ring (bicyclic) bond motifs is 1. The van der Waals surface area contributed by atoms with E-state index in [1.165, 1.54) is 10.6 Å². The maximum Gasteiger partial charge on any atom is 0.262 e. The number of nitrogens with one attached hydrogen (secondary N) is 2. The molecular formula is C17H17N3O4. The molecule has 7 heteroatoms. The summed E-state index contributed by atoms with van der Waals surface area (Å²) in [7, 11) is 0. The van der Waals surface area contributed by atoms with Crippen LogP contribution < -0.4 is 20.9 Å². The molecule has 0 spiro atoms. The summed E-state index contributed by atoms with van der Waals surface area (Å²) >= 11 is 0. The van der Waals surface area contributed by atoms with Crippen LogP contribution in [0.25, 0.3) is 0 Å². The van der Waals surface area contributed by atoms with Crippen LogP contribution in [0.3, 0.4) is 0 Å². The van der Waals surface area contributed by atoms with E-state index < -0.39 is 0 Å². The fourth-order valence-electron chi connectivity index (χ4n) is 2.49. The Labute approximate surface area is 138 Å². The van der Waals surface area contributed by atoms with Crippen molar-refractivity contribution in [2.75, 3.05) is 11.9 Å². The van der Waals surface area contributed by atoms with Gasteiger partial charge in [-0.25, -0.2) is 0 Å². The van der Waals surface area contributed by atoms with Gasteiger partial charge >= 0.3 is 0 Å². The van der Waals surface area contributed by atoms with Crippen LogP contribution in [0.15, 0.2) is 47.4 Å². The smallest absolute Gasteiger partial charge is 0.262 e. The van der Waals surface area contributed by atoms with Gasteiger partial charge in [0.15, 0.2) is 6.61 Å². The molecule has 1 aliphatic rings. The van der Waals surface area contributed by atoms with Crippen LogP contribution in [0.5, 0.6) is 5.75 Å². The average Bonchev–Trinajstić information content (AvgIpc) is 2.56. The maximum absolute atomic E-state index is 12.1. The predicted octanol–water partition coefficient (Wildman–Crippen LogP) is 1.06. The van der Waals surface area contributed by atoms with Crippen molar-refractivity contribution < 1.29 is 14.3 Å². The zero-order valence-corrected chi connectivity index (χ0v) is 13.1. The van der Waals surface area contributed by atoms with Gasteiger partial charge in [0.05, 0.1) is 11.7 Å². The molecule has 3 rings (SSSR count). The van der Waals surface area contributed by atoms with E-state index in [4.69, 9.17) is 4.74 Å². The Morgan fingerprint density at radius 2 is 2.17 bits per heavy atom. The van der Waals surface area contributed by atoms with Gasteiger partial charge in [-0.1, -0.05) is 12.1 Å². The number of carbonyl (C=O) groups excluding carboxylic acids is 2. The lowest BCUT2D eigenvalue weighted by atomic mass is 10.1. The Morgan fingerprint density at radius 1 is 1.33 bits per heavy atom. The van der Waals surface area contributed by atoms with Crippen molar-refractivity contribution in [1.82, 2.24) is 9.88 Å². The van der Waals surface area contributed by atoms with Crippen molar-refractivity contribution in [2.24, 2.45) is 0 Å². The number of benzene rings is 1. The lowest BCUT2D eigenvalue weighted by Gasteiger charge is -2.21.